The molecule has 0 bridgehead atoms. The van der Waals surface area contributed by atoms with Crippen LogP contribution in [0.5, 0.6) is 0 Å². The first kappa shape index (κ1) is 13.1. The van der Waals surface area contributed by atoms with E-state index in [1.165, 1.54) is 17.7 Å². The van der Waals surface area contributed by atoms with Gasteiger partial charge in [0.25, 0.3) is 0 Å². The van der Waals surface area contributed by atoms with Crippen molar-refractivity contribution in [1.82, 2.24) is 4.90 Å². The van der Waals surface area contributed by atoms with Crippen LogP contribution in [-0.2, 0) is 4.79 Å². The third kappa shape index (κ3) is 2.56. The molecule has 1 saturated heterocycles. The Kier molecular flexibility index (Phi) is 3.39. The third-order valence-electron chi connectivity index (χ3n) is 4.71. The van der Waals surface area contributed by atoms with Crippen molar-refractivity contribution in [3.8, 4) is 0 Å². The van der Waals surface area contributed by atoms with Gasteiger partial charge in [0.1, 0.15) is 0 Å². The average molecular weight is 279 g/mol. The van der Waals surface area contributed by atoms with Crippen molar-refractivity contribution in [2.45, 2.75) is 38.6 Å². The van der Waals surface area contributed by atoms with Gasteiger partial charge in [-0.05, 0) is 63.1 Å². The number of piperidine rings is 1. The molecule has 3 nitrogen and oxygen atoms in total. The van der Waals surface area contributed by atoms with Crippen LogP contribution in [0.25, 0.3) is 0 Å². The van der Waals surface area contributed by atoms with E-state index in [1.54, 1.807) is 0 Å². The summed E-state index contributed by atoms with van der Waals surface area (Å²) in [5, 5.41) is 11.5. The number of carbonyl (C=O) groups is 1. The molecule has 19 heavy (non-hydrogen) atoms. The lowest BCUT2D eigenvalue weighted by Gasteiger charge is -2.40. The van der Waals surface area contributed by atoms with E-state index in [1.807, 2.05) is 18.3 Å². The molecule has 104 valence electrons. The summed E-state index contributed by atoms with van der Waals surface area (Å²) in [5.74, 6) is 0.166. The fraction of sp³-hybridized carbons (Fsp3) is 0.667. The summed E-state index contributed by atoms with van der Waals surface area (Å²) in [6, 6.07) is 4.90. The fourth-order valence-electron chi connectivity index (χ4n) is 3.09. The largest absolute Gasteiger partial charge is 0.481 e. The third-order valence-corrected chi connectivity index (χ3v) is 5.66. The second-order valence-electron chi connectivity index (χ2n) is 6.20. The Morgan fingerprint density at radius 1 is 1.47 bits per heavy atom. The molecule has 1 atom stereocenters. The molecule has 0 amide bonds. The van der Waals surface area contributed by atoms with E-state index in [0.29, 0.717) is 6.04 Å². The van der Waals surface area contributed by atoms with E-state index in [2.05, 4.69) is 22.4 Å². The number of carboxylic acids is 1. The molecule has 1 aliphatic heterocycles. The molecule has 0 spiro atoms. The topological polar surface area (TPSA) is 40.5 Å². The Morgan fingerprint density at radius 3 is 2.63 bits per heavy atom. The van der Waals surface area contributed by atoms with E-state index in [4.69, 9.17) is 0 Å². The maximum Gasteiger partial charge on any atom is 0.309 e. The summed E-state index contributed by atoms with van der Waals surface area (Å²) >= 11 is 1.84. The van der Waals surface area contributed by atoms with E-state index in [-0.39, 0.29) is 0 Å². The summed E-state index contributed by atoms with van der Waals surface area (Å²) in [5.41, 5.74) is -0.514. The van der Waals surface area contributed by atoms with Gasteiger partial charge in [-0.1, -0.05) is 6.07 Å². The second-order valence-corrected chi connectivity index (χ2v) is 7.18. The van der Waals surface area contributed by atoms with Crippen molar-refractivity contribution in [2.75, 3.05) is 13.1 Å². The van der Waals surface area contributed by atoms with Gasteiger partial charge in [0.2, 0.25) is 0 Å². The lowest BCUT2D eigenvalue weighted by atomic mass is 9.80. The molecule has 0 radical (unpaired) electrons. The number of carboxylic acid groups (broad SMARTS) is 1. The van der Waals surface area contributed by atoms with Crippen molar-refractivity contribution < 1.29 is 9.90 Å². The number of hydrogen-bond donors (Lipinski definition) is 1. The molecule has 1 unspecified atom stereocenters. The number of thiophene rings is 1. The smallest absolute Gasteiger partial charge is 0.309 e. The SMILES string of the molecule is CC1(C(=O)O)CCN(C(c2cccs2)C2CC2)CC1. The van der Waals surface area contributed by atoms with Crippen LogP contribution in [0.4, 0.5) is 0 Å². The highest BCUT2D eigenvalue weighted by Crippen LogP contribution is 2.47. The highest BCUT2D eigenvalue weighted by molar-refractivity contribution is 7.10. The number of rotatable bonds is 4. The van der Waals surface area contributed by atoms with E-state index < -0.39 is 11.4 Å². The quantitative estimate of drug-likeness (QED) is 0.918. The maximum absolute atomic E-state index is 11.3. The Bertz CT molecular complexity index is 445. The van der Waals surface area contributed by atoms with Crippen LogP contribution in [0.3, 0.4) is 0 Å². The second kappa shape index (κ2) is 4.91. The normalized spacial score (nSPS) is 25.1. The maximum atomic E-state index is 11.3. The molecule has 1 aliphatic carbocycles. The van der Waals surface area contributed by atoms with E-state index in [9.17, 15) is 9.90 Å². The first-order valence-electron chi connectivity index (χ1n) is 7.11. The zero-order valence-corrected chi connectivity index (χ0v) is 12.2. The summed E-state index contributed by atoms with van der Waals surface area (Å²) < 4.78 is 0. The number of hydrogen-bond acceptors (Lipinski definition) is 3. The van der Waals surface area contributed by atoms with E-state index in [0.717, 1.165) is 31.8 Å². The zero-order valence-electron chi connectivity index (χ0n) is 11.3. The predicted octanol–water partition coefficient (Wildman–Crippen LogP) is 3.39. The van der Waals surface area contributed by atoms with Crippen molar-refractivity contribution in [1.29, 1.82) is 0 Å². The first-order valence-corrected chi connectivity index (χ1v) is 7.99. The molecule has 2 fully saturated rings. The van der Waals surface area contributed by atoms with Crippen molar-refractivity contribution in [3.05, 3.63) is 22.4 Å². The van der Waals surface area contributed by atoms with Crippen molar-refractivity contribution in [2.24, 2.45) is 11.3 Å². The van der Waals surface area contributed by atoms with Gasteiger partial charge in [-0.25, -0.2) is 0 Å². The van der Waals surface area contributed by atoms with Crippen molar-refractivity contribution >= 4 is 17.3 Å². The number of likely N-dealkylation sites (tertiary alicyclic amines) is 1. The van der Waals surface area contributed by atoms with Crippen LogP contribution in [0.1, 0.15) is 43.5 Å². The summed E-state index contributed by atoms with van der Waals surface area (Å²) in [6.45, 7) is 3.73. The van der Waals surface area contributed by atoms with Gasteiger partial charge in [0, 0.05) is 10.9 Å². The molecule has 1 saturated carbocycles. The van der Waals surface area contributed by atoms with Gasteiger partial charge < -0.3 is 5.11 Å². The van der Waals surface area contributed by atoms with Gasteiger partial charge in [0.05, 0.1) is 5.41 Å². The van der Waals surface area contributed by atoms with Crippen LogP contribution in [0.15, 0.2) is 17.5 Å². The lowest BCUT2D eigenvalue weighted by molar-refractivity contribution is -0.151. The van der Waals surface area contributed by atoms with Gasteiger partial charge in [-0.2, -0.15) is 0 Å². The Labute approximate surface area is 118 Å². The van der Waals surface area contributed by atoms with Gasteiger partial charge in [-0.3, -0.25) is 9.69 Å². The monoisotopic (exact) mass is 279 g/mol. The molecule has 4 heteroatoms. The van der Waals surface area contributed by atoms with E-state index >= 15 is 0 Å². The molecule has 3 rings (SSSR count). The van der Waals surface area contributed by atoms with Crippen LogP contribution in [0.2, 0.25) is 0 Å². The summed E-state index contributed by atoms with van der Waals surface area (Å²) in [4.78, 5) is 15.3. The van der Waals surface area contributed by atoms with Crippen LogP contribution >= 0.6 is 11.3 Å². The molecule has 1 aromatic heterocycles. The molecule has 2 heterocycles. The Balaban J connectivity index is 1.71. The highest BCUT2D eigenvalue weighted by atomic mass is 32.1. The lowest BCUT2D eigenvalue weighted by Crippen LogP contribution is -2.44. The number of nitrogens with zero attached hydrogens (tertiary/aromatic N) is 1. The Hall–Kier alpha value is -0.870. The first-order chi connectivity index (χ1) is 9.10. The Morgan fingerprint density at radius 2 is 2.16 bits per heavy atom. The number of aliphatic carboxylic acids is 1. The minimum atomic E-state index is -0.633. The molecule has 1 N–H and O–H groups in total. The standard InChI is InChI=1S/C15H21NO2S/c1-15(14(17)18)6-8-16(9-7-15)13(11-4-5-11)12-3-2-10-19-12/h2-3,10-11,13H,4-9H2,1H3,(H,17,18). The van der Waals surface area contributed by atoms with Gasteiger partial charge >= 0.3 is 5.97 Å². The van der Waals surface area contributed by atoms with Crippen molar-refractivity contribution in [3.63, 3.8) is 0 Å². The minimum absolute atomic E-state index is 0.514. The molecule has 1 aromatic rings. The zero-order chi connectivity index (χ0) is 13.5. The average Bonchev–Trinajstić information content (AvgIpc) is 3.07. The van der Waals surface area contributed by atoms with Gasteiger partial charge in [-0.15, -0.1) is 11.3 Å². The molecule has 2 aliphatic rings. The summed E-state index contributed by atoms with van der Waals surface area (Å²) in [6.07, 6.45) is 4.21. The molecule has 0 aromatic carbocycles. The fourth-order valence-corrected chi connectivity index (χ4v) is 4.04. The molecular formula is C15H21NO2S. The summed E-state index contributed by atoms with van der Waals surface area (Å²) in [7, 11) is 0. The predicted molar refractivity (Wildman–Crippen MR) is 76.3 cm³/mol. The highest BCUT2D eigenvalue weighted by Gasteiger charge is 2.42. The minimum Gasteiger partial charge on any atom is -0.481 e. The molecular weight excluding hydrogens is 258 g/mol. The van der Waals surface area contributed by atoms with Gasteiger partial charge in [0.15, 0.2) is 0 Å². The van der Waals surface area contributed by atoms with Crippen LogP contribution in [0, 0.1) is 11.3 Å². The van der Waals surface area contributed by atoms with Crippen LogP contribution < -0.4 is 0 Å². The van der Waals surface area contributed by atoms with Crippen LogP contribution in [-0.4, -0.2) is 29.1 Å².